The van der Waals surface area contributed by atoms with Crippen LogP contribution in [0.25, 0.3) is 0 Å². The minimum Gasteiger partial charge on any atom is -0.544 e. The van der Waals surface area contributed by atoms with Crippen LogP contribution < -0.4 is 5.11 Å². The molecule has 5 heteroatoms. The third-order valence-electron chi connectivity index (χ3n) is 3.15. The maximum Gasteiger partial charge on any atom is 0.309 e. The van der Waals surface area contributed by atoms with E-state index in [0.717, 1.165) is 0 Å². The van der Waals surface area contributed by atoms with Crippen LogP contribution in [-0.2, 0) is 14.3 Å². The van der Waals surface area contributed by atoms with Crippen molar-refractivity contribution in [2.45, 2.75) is 27.7 Å². The first-order valence-corrected chi connectivity index (χ1v) is 6.14. The minimum atomic E-state index is -1.10. The van der Waals surface area contributed by atoms with Gasteiger partial charge in [-0.3, -0.25) is 4.79 Å². The van der Waals surface area contributed by atoms with Crippen molar-refractivity contribution in [3.8, 4) is 0 Å². The fourth-order valence-corrected chi connectivity index (χ4v) is 1.30. The number of ether oxygens (including phenoxy) is 1. The van der Waals surface area contributed by atoms with Crippen molar-refractivity contribution in [2.75, 3.05) is 33.8 Å². The third kappa shape index (κ3) is 6.59. The van der Waals surface area contributed by atoms with Gasteiger partial charge in [0.15, 0.2) is 0 Å². The Morgan fingerprint density at radius 2 is 1.78 bits per heavy atom. The van der Waals surface area contributed by atoms with Gasteiger partial charge >= 0.3 is 5.97 Å². The molecule has 0 aliphatic rings. The Labute approximate surface area is 109 Å². The Bertz CT molecular complexity index is 305. The van der Waals surface area contributed by atoms with Crippen LogP contribution in [-0.4, -0.2) is 50.2 Å². The van der Waals surface area contributed by atoms with Crippen molar-refractivity contribution in [2.24, 2.45) is 11.3 Å². The molecule has 0 saturated heterocycles. The molecule has 0 aromatic carbocycles. The van der Waals surface area contributed by atoms with E-state index in [2.05, 4.69) is 0 Å². The maximum absolute atomic E-state index is 11.7. The number of nitrogens with zero attached hydrogens (tertiary/aromatic N) is 1. The summed E-state index contributed by atoms with van der Waals surface area (Å²) in [7, 11) is 3.52. The number of carbonyl (C=O) groups is 2. The highest BCUT2D eigenvalue weighted by molar-refractivity contribution is 5.72. The van der Waals surface area contributed by atoms with Crippen LogP contribution in [0.1, 0.15) is 27.7 Å². The van der Waals surface area contributed by atoms with Gasteiger partial charge in [0.25, 0.3) is 0 Å². The van der Waals surface area contributed by atoms with Crippen LogP contribution in [0.3, 0.4) is 0 Å². The molecule has 0 fully saturated rings. The average Bonchev–Trinajstić information content (AvgIpc) is 2.12. The second-order valence-electron chi connectivity index (χ2n) is 6.44. The van der Waals surface area contributed by atoms with E-state index in [1.807, 2.05) is 27.7 Å². The van der Waals surface area contributed by atoms with Crippen molar-refractivity contribution >= 4 is 11.9 Å². The first-order chi connectivity index (χ1) is 7.96. The van der Waals surface area contributed by atoms with Gasteiger partial charge in [0.2, 0.25) is 0 Å². The van der Waals surface area contributed by atoms with Gasteiger partial charge in [-0.2, -0.15) is 0 Å². The van der Waals surface area contributed by atoms with E-state index in [-0.39, 0.29) is 34.9 Å². The van der Waals surface area contributed by atoms with E-state index >= 15 is 0 Å². The third-order valence-corrected chi connectivity index (χ3v) is 3.15. The van der Waals surface area contributed by atoms with E-state index in [0.29, 0.717) is 6.54 Å². The summed E-state index contributed by atoms with van der Waals surface area (Å²) >= 11 is 0. The lowest BCUT2D eigenvalue weighted by molar-refractivity contribution is -0.884. The van der Waals surface area contributed by atoms with Gasteiger partial charge in [0.1, 0.15) is 19.7 Å². The molecule has 0 heterocycles. The normalized spacial score (nSPS) is 14.1. The maximum atomic E-state index is 11.7. The van der Waals surface area contributed by atoms with Crippen LogP contribution in [0.4, 0.5) is 0 Å². The molecule has 0 rings (SSSR count). The molecule has 0 aliphatic heterocycles. The zero-order valence-electron chi connectivity index (χ0n) is 12.3. The minimum absolute atomic E-state index is 0.0909. The predicted octanol–water partition coefficient (Wildman–Crippen LogP) is 0.0381. The quantitative estimate of drug-likeness (QED) is 0.499. The molecule has 18 heavy (non-hydrogen) atoms. The number of carbonyl (C=O) groups excluding carboxylic acids is 2. The fraction of sp³-hybridized carbons (Fsp3) is 0.846. The first kappa shape index (κ1) is 16.9. The molecular formula is C13H25NO4. The van der Waals surface area contributed by atoms with Crippen molar-refractivity contribution in [3.05, 3.63) is 0 Å². The van der Waals surface area contributed by atoms with E-state index in [1.165, 1.54) is 0 Å². The van der Waals surface area contributed by atoms with E-state index < -0.39 is 5.97 Å². The summed E-state index contributed by atoms with van der Waals surface area (Å²) in [6.45, 7) is 8.37. The Morgan fingerprint density at radius 3 is 2.17 bits per heavy atom. The predicted molar refractivity (Wildman–Crippen MR) is 66.4 cm³/mol. The first-order valence-electron chi connectivity index (χ1n) is 6.14. The summed E-state index contributed by atoms with van der Waals surface area (Å²) in [5, 5.41) is 10.5. The largest absolute Gasteiger partial charge is 0.544 e. The number of rotatable bonds is 6. The monoisotopic (exact) mass is 259 g/mol. The van der Waals surface area contributed by atoms with Crippen molar-refractivity contribution in [3.63, 3.8) is 0 Å². The Morgan fingerprint density at radius 1 is 1.28 bits per heavy atom. The summed E-state index contributed by atoms with van der Waals surface area (Å²) in [5.41, 5.74) is -0.132. The number of likely N-dealkylation sites (N-methyl/N-ethyl adjacent to an activating group) is 1. The van der Waals surface area contributed by atoms with Crippen LogP contribution >= 0.6 is 0 Å². The number of hydrogen-bond donors (Lipinski definition) is 0. The zero-order valence-corrected chi connectivity index (χ0v) is 12.3. The van der Waals surface area contributed by atoms with Gasteiger partial charge in [0, 0.05) is 0 Å². The van der Waals surface area contributed by atoms with Crippen LogP contribution in [0.15, 0.2) is 0 Å². The number of quaternary nitrogens is 1. The van der Waals surface area contributed by atoms with Gasteiger partial charge < -0.3 is 19.1 Å². The number of aliphatic carboxylic acids is 1. The molecule has 0 aromatic rings. The average molecular weight is 259 g/mol. The molecule has 0 radical (unpaired) electrons. The molecule has 0 aliphatic carbocycles. The van der Waals surface area contributed by atoms with Gasteiger partial charge in [-0.15, -0.1) is 0 Å². The topological polar surface area (TPSA) is 66.4 Å². The highest BCUT2D eigenvalue weighted by Crippen LogP contribution is 2.26. The summed E-state index contributed by atoms with van der Waals surface area (Å²) in [5.74, 6) is -1.53. The van der Waals surface area contributed by atoms with Crippen LogP contribution in [0.2, 0.25) is 0 Å². The number of esters is 1. The Kier molecular flexibility index (Phi) is 5.80. The second kappa shape index (κ2) is 6.18. The molecule has 0 amide bonds. The van der Waals surface area contributed by atoms with Crippen molar-refractivity contribution in [1.82, 2.24) is 0 Å². The number of carboxylic acid groups (broad SMARTS) is 1. The highest BCUT2D eigenvalue weighted by atomic mass is 16.5. The standard InChI is InChI=1S/C13H25NO4/c1-10(13(2,3)4)12(17)18-8-7-14(5,6)9-11(15)16/h10H,7-9H2,1-6H3. The molecule has 0 N–H and O–H groups in total. The molecular weight excluding hydrogens is 234 g/mol. The lowest BCUT2D eigenvalue weighted by atomic mass is 9.82. The van der Waals surface area contributed by atoms with Crippen molar-refractivity contribution in [1.29, 1.82) is 0 Å². The SMILES string of the molecule is CC(C(=O)OCC[N+](C)(C)CC(=O)[O-])C(C)(C)C. The van der Waals surface area contributed by atoms with E-state index in [4.69, 9.17) is 4.74 Å². The lowest BCUT2D eigenvalue weighted by Gasteiger charge is -2.30. The number of carboxylic acids is 1. The molecule has 1 unspecified atom stereocenters. The van der Waals surface area contributed by atoms with E-state index in [9.17, 15) is 14.7 Å². The fourth-order valence-electron chi connectivity index (χ4n) is 1.30. The molecule has 0 saturated carbocycles. The molecule has 0 bridgehead atoms. The van der Waals surface area contributed by atoms with E-state index in [1.54, 1.807) is 14.1 Å². The summed E-state index contributed by atoms with van der Waals surface area (Å²) < 4.78 is 5.42. The van der Waals surface area contributed by atoms with Crippen LogP contribution in [0, 0.1) is 11.3 Å². The van der Waals surface area contributed by atoms with Crippen molar-refractivity contribution < 1.29 is 23.9 Å². The molecule has 1 atom stereocenters. The van der Waals surface area contributed by atoms with Gasteiger partial charge in [-0.25, -0.2) is 0 Å². The second-order valence-corrected chi connectivity index (χ2v) is 6.44. The Balaban J connectivity index is 4.13. The summed E-state index contributed by atoms with van der Waals surface area (Å²) in [4.78, 5) is 22.3. The Hall–Kier alpha value is -1.10. The summed E-state index contributed by atoms with van der Waals surface area (Å²) in [6.07, 6.45) is 0. The highest BCUT2D eigenvalue weighted by Gasteiger charge is 2.28. The number of hydrogen-bond acceptors (Lipinski definition) is 4. The molecule has 0 spiro atoms. The zero-order chi connectivity index (χ0) is 14.6. The molecule has 5 nitrogen and oxygen atoms in total. The van der Waals surface area contributed by atoms with Gasteiger partial charge in [-0.05, 0) is 5.41 Å². The van der Waals surface area contributed by atoms with Gasteiger partial charge in [0.05, 0.1) is 26.0 Å². The smallest absolute Gasteiger partial charge is 0.309 e. The summed E-state index contributed by atoms with van der Waals surface area (Å²) in [6, 6.07) is 0. The van der Waals surface area contributed by atoms with Crippen LogP contribution in [0.5, 0.6) is 0 Å². The van der Waals surface area contributed by atoms with Gasteiger partial charge in [-0.1, -0.05) is 27.7 Å². The molecule has 0 aromatic heterocycles. The lowest BCUT2D eigenvalue weighted by Crippen LogP contribution is -2.50. The molecule has 106 valence electrons.